The molecule has 1 fully saturated rings. The Bertz CT molecular complexity index is 445. The molecule has 1 saturated heterocycles. The second-order valence-corrected chi connectivity index (χ2v) is 7.13. The first-order valence-electron chi connectivity index (χ1n) is 8.06. The van der Waals surface area contributed by atoms with Crippen LogP contribution in [-0.2, 0) is 6.42 Å². The molecule has 21 heavy (non-hydrogen) atoms. The van der Waals surface area contributed by atoms with E-state index in [0.29, 0.717) is 0 Å². The van der Waals surface area contributed by atoms with Gasteiger partial charge in [-0.3, -0.25) is 16.2 Å². The highest BCUT2D eigenvalue weighted by atomic mass is 79.9. The largest absolute Gasteiger partial charge is 0.296 e. The molecule has 3 N–H and O–H groups in total. The number of nitrogens with two attached hydrogens (primary N) is 1. The summed E-state index contributed by atoms with van der Waals surface area (Å²) in [6.45, 7) is 7.02. The third kappa shape index (κ3) is 3.86. The summed E-state index contributed by atoms with van der Waals surface area (Å²) >= 11 is 3.66. The van der Waals surface area contributed by atoms with E-state index in [1.54, 1.807) is 0 Å². The number of hydrazine groups is 1. The Labute approximate surface area is 137 Å². The molecule has 0 aliphatic carbocycles. The molecular formula is C17H28BrN3. The highest BCUT2D eigenvalue weighted by Crippen LogP contribution is 2.30. The molecule has 0 spiro atoms. The number of hydrogen-bond acceptors (Lipinski definition) is 3. The zero-order valence-electron chi connectivity index (χ0n) is 13.2. The Morgan fingerprint density at radius 3 is 2.52 bits per heavy atom. The van der Waals surface area contributed by atoms with Gasteiger partial charge in [0.25, 0.3) is 0 Å². The highest BCUT2D eigenvalue weighted by molar-refractivity contribution is 9.10. The molecule has 2 atom stereocenters. The van der Waals surface area contributed by atoms with Gasteiger partial charge in [0, 0.05) is 16.1 Å². The van der Waals surface area contributed by atoms with Gasteiger partial charge in [0.1, 0.15) is 0 Å². The maximum absolute atomic E-state index is 5.95. The SMILES string of the molecule is CCC(C)(C(Cc1ccccc1Br)NN)N1CCCCC1. The van der Waals surface area contributed by atoms with E-state index in [2.05, 4.69) is 64.4 Å². The van der Waals surface area contributed by atoms with E-state index in [4.69, 9.17) is 5.84 Å². The summed E-state index contributed by atoms with van der Waals surface area (Å²) in [5.74, 6) is 5.95. The van der Waals surface area contributed by atoms with Crippen molar-refractivity contribution in [3.8, 4) is 0 Å². The van der Waals surface area contributed by atoms with Crippen LogP contribution in [0.25, 0.3) is 0 Å². The summed E-state index contributed by atoms with van der Waals surface area (Å²) in [5.41, 5.74) is 4.52. The van der Waals surface area contributed by atoms with Gasteiger partial charge in [0.15, 0.2) is 0 Å². The van der Waals surface area contributed by atoms with Crippen LogP contribution in [0.4, 0.5) is 0 Å². The van der Waals surface area contributed by atoms with Gasteiger partial charge in [-0.15, -0.1) is 0 Å². The summed E-state index contributed by atoms with van der Waals surface area (Å²) in [4.78, 5) is 2.64. The second-order valence-electron chi connectivity index (χ2n) is 6.27. The summed E-state index contributed by atoms with van der Waals surface area (Å²) in [6.07, 6.45) is 6.02. The number of halogens is 1. The zero-order valence-corrected chi connectivity index (χ0v) is 14.8. The minimum absolute atomic E-state index is 0.102. The van der Waals surface area contributed by atoms with Crippen molar-refractivity contribution in [2.24, 2.45) is 5.84 Å². The maximum Gasteiger partial charge on any atom is 0.0432 e. The van der Waals surface area contributed by atoms with Crippen molar-refractivity contribution < 1.29 is 0 Å². The molecule has 118 valence electrons. The number of nitrogens with zero attached hydrogens (tertiary/aromatic N) is 1. The van der Waals surface area contributed by atoms with Crippen LogP contribution < -0.4 is 11.3 Å². The Hall–Kier alpha value is -0.420. The van der Waals surface area contributed by atoms with Crippen LogP contribution >= 0.6 is 15.9 Å². The number of piperidine rings is 1. The Balaban J connectivity index is 2.18. The van der Waals surface area contributed by atoms with Crippen LogP contribution in [0.5, 0.6) is 0 Å². The van der Waals surface area contributed by atoms with Crippen molar-refractivity contribution in [1.82, 2.24) is 10.3 Å². The summed E-state index contributed by atoms with van der Waals surface area (Å²) in [6, 6.07) is 8.69. The van der Waals surface area contributed by atoms with E-state index in [1.165, 1.54) is 42.4 Å². The van der Waals surface area contributed by atoms with Crippen LogP contribution in [0, 0.1) is 0 Å². The highest BCUT2D eigenvalue weighted by Gasteiger charge is 2.38. The summed E-state index contributed by atoms with van der Waals surface area (Å²) in [5, 5.41) is 0. The van der Waals surface area contributed by atoms with Crippen LogP contribution in [0.3, 0.4) is 0 Å². The lowest BCUT2D eigenvalue weighted by atomic mass is 9.82. The monoisotopic (exact) mass is 353 g/mol. The van der Waals surface area contributed by atoms with E-state index in [-0.39, 0.29) is 11.6 Å². The predicted octanol–water partition coefficient (Wildman–Crippen LogP) is 3.48. The molecule has 0 aromatic heterocycles. The lowest BCUT2D eigenvalue weighted by Gasteiger charge is -2.48. The Kier molecular flexibility index (Phi) is 6.23. The molecule has 1 aromatic carbocycles. The van der Waals surface area contributed by atoms with Crippen molar-refractivity contribution in [3.63, 3.8) is 0 Å². The van der Waals surface area contributed by atoms with Gasteiger partial charge in [-0.2, -0.15) is 0 Å². The van der Waals surface area contributed by atoms with Gasteiger partial charge in [-0.25, -0.2) is 0 Å². The third-order valence-corrected chi connectivity index (χ3v) is 5.90. The number of nitrogens with one attached hydrogen (secondary N) is 1. The first kappa shape index (κ1) is 16.9. The lowest BCUT2D eigenvalue weighted by molar-refractivity contribution is 0.0429. The van der Waals surface area contributed by atoms with Crippen LogP contribution in [0.15, 0.2) is 28.7 Å². The third-order valence-electron chi connectivity index (χ3n) is 5.13. The minimum Gasteiger partial charge on any atom is -0.296 e. The van der Waals surface area contributed by atoms with Crippen LogP contribution in [-0.4, -0.2) is 29.6 Å². The van der Waals surface area contributed by atoms with Gasteiger partial charge < -0.3 is 0 Å². The molecule has 0 bridgehead atoms. The van der Waals surface area contributed by atoms with Crippen LogP contribution in [0.1, 0.15) is 45.1 Å². The zero-order chi connectivity index (χ0) is 15.3. The fourth-order valence-electron chi connectivity index (χ4n) is 3.44. The molecule has 0 saturated carbocycles. The Morgan fingerprint density at radius 2 is 1.95 bits per heavy atom. The van der Waals surface area contributed by atoms with Crippen molar-refractivity contribution >= 4 is 15.9 Å². The van der Waals surface area contributed by atoms with Gasteiger partial charge in [-0.1, -0.05) is 47.5 Å². The molecule has 1 heterocycles. The van der Waals surface area contributed by atoms with Gasteiger partial charge in [-0.05, 0) is 57.3 Å². The molecule has 1 aromatic rings. The molecule has 4 heteroatoms. The molecule has 1 aliphatic heterocycles. The van der Waals surface area contributed by atoms with E-state index < -0.39 is 0 Å². The Morgan fingerprint density at radius 1 is 1.29 bits per heavy atom. The molecule has 2 rings (SSSR count). The number of hydrogen-bond donors (Lipinski definition) is 2. The minimum atomic E-state index is 0.102. The molecule has 0 radical (unpaired) electrons. The topological polar surface area (TPSA) is 41.3 Å². The van der Waals surface area contributed by atoms with Gasteiger partial charge >= 0.3 is 0 Å². The average Bonchev–Trinajstić information content (AvgIpc) is 2.54. The quantitative estimate of drug-likeness (QED) is 0.607. The molecule has 2 unspecified atom stereocenters. The van der Waals surface area contributed by atoms with Crippen molar-refractivity contribution in [2.45, 2.75) is 57.5 Å². The summed E-state index contributed by atoms with van der Waals surface area (Å²) < 4.78 is 1.17. The fraction of sp³-hybridized carbons (Fsp3) is 0.647. The van der Waals surface area contributed by atoms with Gasteiger partial charge in [0.2, 0.25) is 0 Å². The first-order valence-corrected chi connectivity index (χ1v) is 8.85. The predicted molar refractivity (Wildman–Crippen MR) is 93.1 cm³/mol. The average molecular weight is 354 g/mol. The summed E-state index contributed by atoms with van der Waals surface area (Å²) in [7, 11) is 0. The van der Waals surface area contributed by atoms with Crippen LogP contribution in [0.2, 0.25) is 0 Å². The van der Waals surface area contributed by atoms with Crippen molar-refractivity contribution in [2.75, 3.05) is 13.1 Å². The second kappa shape index (κ2) is 7.73. The van der Waals surface area contributed by atoms with Crippen molar-refractivity contribution in [3.05, 3.63) is 34.3 Å². The standard InChI is InChI=1S/C17H28BrN3/c1-3-17(2,21-11-7-4-8-12-21)16(20-19)13-14-9-5-6-10-15(14)18/h5-6,9-10,16,20H,3-4,7-8,11-13,19H2,1-2H3. The molecule has 1 aliphatic rings. The van der Waals surface area contributed by atoms with E-state index >= 15 is 0 Å². The van der Waals surface area contributed by atoms with Crippen molar-refractivity contribution in [1.29, 1.82) is 0 Å². The smallest absolute Gasteiger partial charge is 0.0432 e. The van der Waals surface area contributed by atoms with E-state index in [1.807, 2.05) is 0 Å². The maximum atomic E-state index is 5.95. The van der Waals surface area contributed by atoms with E-state index in [0.717, 1.165) is 12.8 Å². The molecule has 3 nitrogen and oxygen atoms in total. The lowest BCUT2D eigenvalue weighted by Crippen LogP contribution is -2.62. The number of rotatable bonds is 6. The molecular weight excluding hydrogens is 326 g/mol. The first-order chi connectivity index (χ1) is 10.1. The normalized spacial score (nSPS) is 21.0. The fourth-order valence-corrected chi connectivity index (χ4v) is 3.88. The van der Waals surface area contributed by atoms with E-state index in [9.17, 15) is 0 Å². The van der Waals surface area contributed by atoms with Gasteiger partial charge in [0.05, 0.1) is 0 Å². The number of benzene rings is 1. The number of likely N-dealkylation sites (tertiary alicyclic amines) is 1. The molecule has 0 amide bonds.